The largest absolute Gasteiger partial charge is 0.462 e. The van der Waals surface area contributed by atoms with Crippen LogP contribution in [-0.2, 0) is 28.6 Å². The molecule has 0 N–H and O–H groups in total. The molecule has 0 aromatic rings. The molecule has 0 aromatic heterocycles. The summed E-state index contributed by atoms with van der Waals surface area (Å²) in [5.41, 5.74) is 0. The summed E-state index contributed by atoms with van der Waals surface area (Å²) in [7, 11) is 0. The lowest BCUT2D eigenvalue weighted by molar-refractivity contribution is -0.166. The van der Waals surface area contributed by atoms with Crippen LogP contribution in [0.2, 0.25) is 0 Å². The van der Waals surface area contributed by atoms with Gasteiger partial charge in [-0.3, -0.25) is 14.4 Å². The highest BCUT2D eigenvalue weighted by molar-refractivity contribution is 5.72. The fraction of sp³-hybridized carbons (Fsp3) is 0.657. The number of carbonyl (C=O) groups is 3. The standard InChI is InChI=1S/C67H110O6/c1-4-7-10-13-16-19-22-25-28-29-30-31-32-33-34-35-36-37-40-42-45-48-51-54-57-60-66(69)72-63-64(73-67(70)61-58-55-52-49-46-43-39-27-24-21-18-15-12-9-6-3)62-71-65(68)59-56-53-50-47-44-41-38-26-23-20-17-14-11-8-5-2/h8-9,11-12,17-18,20-21,26-27,29-30,38-39,44,46-47,49,55,58,64H,4-7,10,13-16,19,22-25,28,31-37,40-43,45,48,50-54,56-57,59-63H2,1-3H3/b11-8-,12-9-,20-17-,21-18-,30-29-,38-26-,39-27-,47-44-,49-46-,58-55-. The molecule has 414 valence electrons. The Morgan fingerprint density at radius 2 is 0.575 bits per heavy atom. The van der Waals surface area contributed by atoms with Crippen molar-refractivity contribution in [3.8, 4) is 0 Å². The first kappa shape index (κ1) is 68.8. The van der Waals surface area contributed by atoms with E-state index in [1.54, 1.807) is 6.08 Å². The molecule has 0 saturated carbocycles. The Morgan fingerprint density at radius 3 is 0.945 bits per heavy atom. The highest BCUT2D eigenvalue weighted by Crippen LogP contribution is 2.15. The minimum absolute atomic E-state index is 0.0843. The van der Waals surface area contributed by atoms with E-state index in [1.807, 2.05) is 6.08 Å². The quantitative estimate of drug-likeness (QED) is 0.0261. The van der Waals surface area contributed by atoms with Gasteiger partial charge in [0.15, 0.2) is 6.10 Å². The van der Waals surface area contributed by atoms with Crippen LogP contribution in [-0.4, -0.2) is 37.2 Å². The summed E-state index contributed by atoms with van der Waals surface area (Å²) in [6.45, 7) is 6.30. The first-order chi connectivity index (χ1) is 36.0. The molecule has 1 atom stereocenters. The Labute approximate surface area is 450 Å². The van der Waals surface area contributed by atoms with Crippen LogP contribution < -0.4 is 0 Å². The van der Waals surface area contributed by atoms with Gasteiger partial charge in [-0.1, -0.05) is 258 Å². The Hall–Kier alpha value is -4.19. The van der Waals surface area contributed by atoms with Crippen molar-refractivity contribution in [3.63, 3.8) is 0 Å². The van der Waals surface area contributed by atoms with Gasteiger partial charge in [-0.05, 0) is 109 Å². The molecular formula is C67H110O6. The maximum Gasteiger partial charge on any atom is 0.310 e. The highest BCUT2D eigenvalue weighted by atomic mass is 16.6. The first-order valence-electron chi connectivity index (χ1n) is 30.0. The maximum atomic E-state index is 12.8. The van der Waals surface area contributed by atoms with Crippen LogP contribution in [0.15, 0.2) is 122 Å². The van der Waals surface area contributed by atoms with Crippen molar-refractivity contribution in [2.75, 3.05) is 13.2 Å². The van der Waals surface area contributed by atoms with Gasteiger partial charge in [0.2, 0.25) is 0 Å². The van der Waals surface area contributed by atoms with E-state index in [0.717, 1.165) is 83.5 Å². The van der Waals surface area contributed by atoms with Crippen molar-refractivity contribution >= 4 is 17.9 Å². The van der Waals surface area contributed by atoms with Gasteiger partial charge in [0.1, 0.15) is 13.2 Å². The van der Waals surface area contributed by atoms with E-state index in [1.165, 1.54) is 128 Å². The van der Waals surface area contributed by atoms with Gasteiger partial charge in [0, 0.05) is 12.8 Å². The van der Waals surface area contributed by atoms with Crippen LogP contribution >= 0.6 is 0 Å². The number of carbonyl (C=O) groups excluding carboxylic acids is 3. The van der Waals surface area contributed by atoms with Crippen molar-refractivity contribution in [3.05, 3.63) is 122 Å². The van der Waals surface area contributed by atoms with Crippen LogP contribution in [0.3, 0.4) is 0 Å². The lowest BCUT2D eigenvalue weighted by Crippen LogP contribution is -2.30. The zero-order valence-corrected chi connectivity index (χ0v) is 47.4. The Bertz CT molecular complexity index is 1540. The summed E-state index contributed by atoms with van der Waals surface area (Å²) in [6.07, 6.45) is 83.8. The molecule has 0 aliphatic heterocycles. The van der Waals surface area contributed by atoms with Crippen LogP contribution in [0.5, 0.6) is 0 Å². The Balaban J connectivity index is 4.42. The van der Waals surface area contributed by atoms with Crippen molar-refractivity contribution < 1.29 is 28.6 Å². The van der Waals surface area contributed by atoms with Gasteiger partial charge >= 0.3 is 17.9 Å². The molecule has 0 rings (SSSR count). The Morgan fingerprint density at radius 1 is 0.301 bits per heavy atom. The summed E-state index contributed by atoms with van der Waals surface area (Å²) < 4.78 is 16.7. The second-order valence-corrected chi connectivity index (χ2v) is 19.5. The zero-order chi connectivity index (χ0) is 52.9. The van der Waals surface area contributed by atoms with Crippen LogP contribution in [0.4, 0.5) is 0 Å². The molecule has 1 unspecified atom stereocenters. The number of hydrogen-bond acceptors (Lipinski definition) is 6. The van der Waals surface area contributed by atoms with E-state index >= 15 is 0 Å². The smallest absolute Gasteiger partial charge is 0.310 e. The van der Waals surface area contributed by atoms with Crippen molar-refractivity contribution in [1.82, 2.24) is 0 Å². The average molecular weight is 1010 g/mol. The van der Waals surface area contributed by atoms with Crippen LogP contribution in [0.1, 0.15) is 265 Å². The molecule has 6 nitrogen and oxygen atoms in total. The van der Waals surface area contributed by atoms with Gasteiger partial charge in [-0.15, -0.1) is 0 Å². The van der Waals surface area contributed by atoms with Gasteiger partial charge in [0.05, 0.1) is 6.42 Å². The van der Waals surface area contributed by atoms with Gasteiger partial charge in [-0.2, -0.15) is 0 Å². The minimum Gasteiger partial charge on any atom is -0.462 e. The summed E-state index contributed by atoms with van der Waals surface area (Å²) >= 11 is 0. The third kappa shape index (κ3) is 58.6. The fourth-order valence-corrected chi connectivity index (χ4v) is 8.03. The van der Waals surface area contributed by atoms with E-state index in [2.05, 4.69) is 130 Å². The number of esters is 3. The number of rotatable bonds is 53. The van der Waals surface area contributed by atoms with Gasteiger partial charge < -0.3 is 14.2 Å². The molecule has 0 aliphatic rings. The van der Waals surface area contributed by atoms with E-state index in [-0.39, 0.29) is 38.0 Å². The lowest BCUT2D eigenvalue weighted by Gasteiger charge is -2.18. The Kier molecular flexibility index (Phi) is 56.9. The SMILES string of the molecule is CC/C=C\C/C=C\C/C=C\C/C=C\C/C=C\CC(=O)OC(COC(=O)CCCC/C=C\C/C=C\C/C=C\C/C=C\CC)COC(=O)CCCCCCCCCCCCCCC/C=C\CCCCCCCCCC. The summed E-state index contributed by atoms with van der Waals surface area (Å²) in [5, 5.41) is 0. The third-order valence-electron chi connectivity index (χ3n) is 12.5. The first-order valence-corrected chi connectivity index (χ1v) is 30.0. The predicted molar refractivity (Wildman–Crippen MR) is 316 cm³/mol. The van der Waals surface area contributed by atoms with E-state index in [0.29, 0.717) is 19.3 Å². The second-order valence-electron chi connectivity index (χ2n) is 19.5. The molecule has 0 amide bonds. The molecular weight excluding hydrogens is 901 g/mol. The number of hydrogen-bond donors (Lipinski definition) is 0. The number of unbranched alkanes of at least 4 members (excludes halogenated alkanes) is 23. The zero-order valence-electron chi connectivity index (χ0n) is 47.4. The molecule has 0 spiro atoms. The highest BCUT2D eigenvalue weighted by Gasteiger charge is 2.19. The minimum atomic E-state index is -0.853. The topological polar surface area (TPSA) is 78.9 Å². The molecule has 73 heavy (non-hydrogen) atoms. The molecule has 0 aliphatic carbocycles. The average Bonchev–Trinajstić information content (AvgIpc) is 3.39. The van der Waals surface area contributed by atoms with Crippen LogP contribution in [0.25, 0.3) is 0 Å². The summed E-state index contributed by atoms with van der Waals surface area (Å²) in [4.78, 5) is 38.1. The molecule has 6 heteroatoms. The molecule has 0 aromatic carbocycles. The fourth-order valence-electron chi connectivity index (χ4n) is 8.03. The molecule has 0 bridgehead atoms. The van der Waals surface area contributed by atoms with E-state index in [4.69, 9.17) is 14.2 Å². The normalized spacial score (nSPS) is 13.0. The van der Waals surface area contributed by atoms with Crippen molar-refractivity contribution in [2.45, 2.75) is 271 Å². The predicted octanol–water partition coefficient (Wildman–Crippen LogP) is 20.4. The van der Waals surface area contributed by atoms with E-state index < -0.39 is 12.1 Å². The van der Waals surface area contributed by atoms with Crippen molar-refractivity contribution in [2.24, 2.45) is 0 Å². The molecule has 0 heterocycles. The number of allylic oxidation sites excluding steroid dienone is 19. The summed E-state index contributed by atoms with van der Waals surface area (Å²) in [6, 6.07) is 0. The lowest BCUT2D eigenvalue weighted by atomic mass is 10.0. The number of ether oxygens (including phenoxy) is 3. The van der Waals surface area contributed by atoms with Crippen LogP contribution in [0, 0.1) is 0 Å². The molecule has 0 radical (unpaired) electrons. The van der Waals surface area contributed by atoms with Gasteiger partial charge in [0.25, 0.3) is 0 Å². The molecule has 0 fully saturated rings. The van der Waals surface area contributed by atoms with Crippen molar-refractivity contribution in [1.29, 1.82) is 0 Å². The monoisotopic (exact) mass is 1010 g/mol. The summed E-state index contributed by atoms with van der Waals surface area (Å²) in [5.74, 6) is -1.11. The molecule has 0 saturated heterocycles. The maximum absolute atomic E-state index is 12.8. The van der Waals surface area contributed by atoms with Gasteiger partial charge in [-0.25, -0.2) is 0 Å². The van der Waals surface area contributed by atoms with E-state index in [9.17, 15) is 14.4 Å². The second kappa shape index (κ2) is 60.4. The third-order valence-corrected chi connectivity index (χ3v) is 12.5.